The number of epoxide rings is 1. The van der Waals surface area contributed by atoms with Crippen LogP contribution in [-0.2, 0) is 24.4 Å². The molecule has 2 heterocycles. The lowest BCUT2D eigenvalue weighted by Gasteiger charge is -2.12. The van der Waals surface area contributed by atoms with E-state index in [0.717, 1.165) is 20.3 Å². The van der Waals surface area contributed by atoms with E-state index in [1.807, 2.05) is 0 Å². The summed E-state index contributed by atoms with van der Waals surface area (Å²) in [4.78, 5) is 35.8. The van der Waals surface area contributed by atoms with Crippen LogP contribution in [0.15, 0.2) is 14.4 Å². The molecule has 1 fully saturated rings. The van der Waals surface area contributed by atoms with Gasteiger partial charge in [-0.05, 0) is 6.92 Å². The summed E-state index contributed by atoms with van der Waals surface area (Å²) in [5.41, 5.74) is 14.0. The van der Waals surface area contributed by atoms with Gasteiger partial charge in [0.2, 0.25) is 0 Å². The Morgan fingerprint density at radius 2 is 1.09 bits per heavy atom. The highest BCUT2D eigenvalue weighted by molar-refractivity contribution is 4.79. The molecule has 10 nitrogen and oxygen atoms in total. The van der Waals surface area contributed by atoms with Crippen LogP contribution < -0.4 is 34.3 Å². The summed E-state index contributed by atoms with van der Waals surface area (Å²) < 4.78 is 7.48. The second-order valence-electron chi connectivity index (χ2n) is 4.81. The lowest BCUT2D eigenvalue weighted by atomic mass is 10.5. The minimum atomic E-state index is -0.686. The summed E-state index contributed by atoms with van der Waals surface area (Å²) >= 11 is 0. The molecule has 1 aliphatic rings. The zero-order valence-corrected chi connectivity index (χ0v) is 12.7. The van der Waals surface area contributed by atoms with Gasteiger partial charge in [-0.15, -0.1) is 0 Å². The average Bonchev–Trinajstić information content (AvgIpc) is 3.27. The van der Waals surface area contributed by atoms with Crippen LogP contribution in [0.2, 0.25) is 0 Å². The largest absolute Gasteiger partial charge is 0.373 e. The van der Waals surface area contributed by atoms with Gasteiger partial charge in [0.1, 0.15) is 0 Å². The van der Waals surface area contributed by atoms with E-state index in [0.29, 0.717) is 6.10 Å². The van der Waals surface area contributed by atoms with Gasteiger partial charge in [0.25, 0.3) is 0 Å². The Balaban J connectivity index is 0.000000519. The fourth-order valence-electron chi connectivity index (χ4n) is 1.74. The van der Waals surface area contributed by atoms with Crippen LogP contribution in [-0.4, -0.2) is 46.0 Å². The van der Waals surface area contributed by atoms with E-state index < -0.39 is 17.1 Å². The molecule has 1 aliphatic heterocycles. The molecule has 1 aromatic rings. The van der Waals surface area contributed by atoms with Crippen molar-refractivity contribution in [1.29, 1.82) is 0 Å². The number of hydrogen-bond donors (Lipinski definition) is 3. The van der Waals surface area contributed by atoms with E-state index >= 15 is 0 Å². The Hall–Kier alpha value is -1.75. The molecule has 1 atom stereocenters. The molecule has 0 amide bonds. The molecule has 0 radical (unpaired) electrons. The summed E-state index contributed by atoms with van der Waals surface area (Å²) in [7, 11) is 0. The predicted molar refractivity (Wildman–Crippen MR) is 81.8 cm³/mol. The van der Waals surface area contributed by atoms with Gasteiger partial charge in [0.15, 0.2) is 0 Å². The van der Waals surface area contributed by atoms with Crippen molar-refractivity contribution in [2.24, 2.45) is 17.2 Å². The SMILES string of the molecule is CC1CO1.NCCn1c(=O)n(CCN)c(=O)n(CCN)c1=O. The second kappa shape index (κ2) is 8.63. The first kappa shape index (κ1) is 18.3. The number of rotatable bonds is 6. The maximum Gasteiger partial charge on any atom is 0.336 e. The van der Waals surface area contributed by atoms with Crippen LogP contribution in [0.4, 0.5) is 0 Å². The molecule has 0 bridgehead atoms. The first-order valence-corrected chi connectivity index (χ1v) is 7.14. The topological polar surface area (TPSA) is 157 Å². The van der Waals surface area contributed by atoms with Crippen molar-refractivity contribution in [3.63, 3.8) is 0 Å². The number of nitrogens with two attached hydrogens (primary N) is 3. The van der Waals surface area contributed by atoms with Crippen molar-refractivity contribution in [3.05, 3.63) is 31.5 Å². The standard InChI is InChI=1S/C9H18N6O3.C3H6O/c10-1-4-13-7(16)14(5-2-11)9(18)15(6-3-12)8(13)17;1-3-2-4-3/h1-6,10-12H2;3H,2H2,1H3. The van der Waals surface area contributed by atoms with Crippen molar-refractivity contribution in [2.45, 2.75) is 32.7 Å². The quantitative estimate of drug-likeness (QED) is 0.458. The van der Waals surface area contributed by atoms with E-state index in [9.17, 15) is 14.4 Å². The van der Waals surface area contributed by atoms with Crippen molar-refractivity contribution in [1.82, 2.24) is 13.7 Å². The van der Waals surface area contributed by atoms with Crippen LogP contribution >= 0.6 is 0 Å². The molecule has 2 rings (SSSR count). The molecule has 6 N–H and O–H groups in total. The van der Waals surface area contributed by atoms with Crippen molar-refractivity contribution >= 4 is 0 Å². The molecule has 126 valence electrons. The first-order valence-electron chi connectivity index (χ1n) is 7.14. The minimum Gasteiger partial charge on any atom is -0.373 e. The maximum atomic E-state index is 11.9. The molecular weight excluding hydrogens is 292 g/mol. The molecule has 0 aliphatic carbocycles. The molecule has 22 heavy (non-hydrogen) atoms. The molecule has 1 unspecified atom stereocenters. The third kappa shape index (κ3) is 4.63. The Labute approximate surface area is 127 Å². The summed E-state index contributed by atoms with van der Waals surface area (Å²) in [6, 6.07) is 0. The minimum absolute atomic E-state index is 0.0487. The van der Waals surface area contributed by atoms with Gasteiger partial charge < -0.3 is 21.9 Å². The maximum absolute atomic E-state index is 11.9. The lowest BCUT2D eigenvalue weighted by Crippen LogP contribution is -2.56. The fourth-order valence-corrected chi connectivity index (χ4v) is 1.74. The molecule has 1 aromatic heterocycles. The fraction of sp³-hybridized carbons (Fsp3) is 0.750. The predicted octanol–water partition coefficient (Wildman–Crippen LogP) is -3.55. The molecule has 1 saturated heterocycles. The Morgan fingerprint density at radius 3 is 1.23 bits per heavy atom. The average molecular weight is 316 g/mol. The highest BCUT2D eigenvalue weighted by Crippen LogP contribution is 2.04. The van der Waals surface area contributed by atoms with E-state index in [-0.39, 0.29) is 39.3 Å². The summed E-state index contributed by atoms with van der Waals surface area (Å²) in [5.74, 6) is 0. The molecule has 0 saturated carbocycles. The van der Waals surface area contributed by atoms with Crippen LogP contribution in [0.3, 0.4) is 0 Å². The Bertz CT molecular complexity index is 531. The first-order chi connectivity index (χ1) is 10.5. The number of aromatic nitrogens is 3. The van der Waals surface area contributed by atoms with E-state index in [1.54, 1.807) is 0 Å². The summed E-state index contributed by atoms with van der Waals surface area (Å²) in [6.07, 6.45) is 0.583. The zero-order valence-electron chi connectivity index (χ0n) is 12.7. The second-order valence-corrected chi connectivity index (χ2v) is 4.81. The van der Waals surface area contributed by atoms with Gasteiger partial charge in [-0.3, -0.25) is 0 Å². The van der Waals surface area contributed by atoms with Crippen LogP contribution in [0.25, 0.3) is 0 Å². The normalized spacial score (nSPS) is 16.1. The highest BCUT2D eigenvalue weighted by atomic mass is 16.6. The Morgan fingerprint density at radius 1 is 0.864 bits per heavy atom. The number of nitrogens with zero attached hydrogens (tertiary/aromatic N) is 3. The monoisotopic (exact) mass is 316 g/mol. The molecule has 10 heteroatoms. The lowest BCUT2D eigenvalue weighted by molar-refractivity contribution is 0.423. The van der Waals surface area contributed by atoms with Gasteiger partial charge in [0, 0.05) is 39.3 Å². The third-order valence-electron chi connectivity index (χ3n) is 2.94. The van der Waals surface area contributed by atoms with Gasteiger partial charge in [-0.25, -0.2) is 28.1 Å². The third-order valence-corrected chi connectivity index (χ3v) is 2.94. The van der Waals surface area contributed by atoms with Gasteiger partial charge >= 0.3 is 17.1 Å². The van der Waals surface area contributed by atoms with Gasteiger partial charge in [-0.2, -0.15) is 0 Å². The molecule has 0 spiro atoms. The number of ether oxygens (including phenoxy) is 1. The van der Waals surface area contributed by atoms with E-state index in [2.05, 4.69) is 6.92 Å². The van der Waals surface area contributed by atoms with Crippen molar-refractivity contribution < 1.29 is 4.74 Å². The molecular formula is C12H24N6O4. The van der Waals surface area contributed by atoms with E-state index in [4.69, 9.17) is 21.9 Å². The highest BCUT2D eigenvalue weighted by Gasteiger charge is 2.14. The van der Waals surface area contributed by atoms with E-state index in [1.165, 1.54) is 0 Å². The van der Waals surface area contributed by atoms with Crippen LogP contribution in [0.5, 0.6) is 0 Å². The van der Waals surface area contributed by atoms with Crippen molar-refractivity contribution in [2.75, 3.05) is 26.2 Å². The van der Waals surface area contributed by atoms with Gasteiger partial charge in [0.05, 0.1) is 12.7 Å². The van der Waals surface area contributed by atoms with Crippen LogP contribution in [0, 0.1) is 0 Å². The zero-order chi connectivity index (χ0) is 16.7. The van der Waals surface area contributed by atoms with Crippen LogP contribution in [0.1, 0.15) is 6.92 Å². The summed E-state index contributed by atoms with van der Waals surface area (Å²) in [5, 5.41) is 0. The smallest absolute Gasteiger partial charge is 0.336 e. The number of hydrogen-bond acceptors (Lipinski definition) is 7. The molecule has 0 aromatic carbocycles. The van der Waals surface area contributed by atoms with Crippen molar-refractivity contribution in [3.8, 4) is 0 Å². The van der Waals surface area contributed by atoms with Gasteiger partial charge in [-0.1, -0.05) is 0 Å². The summed E-state index contributed by atoms with van der Waals surface area (Å²) in [6.45, 7) is 3.56. The Kier molecular flexibility index (Phi) is 7.18.